The molecule has 0 unspecified atom stereocenters. The molecule has 1 rings (SSSR count). The van der Waals surface area contributed by atoms with Crippen LogP contribution in [0.3, 0.4) is 0 Å². The van der Waals surface area contributed by atoms with Crippen LogP contribution in [0.2, 0.25) is 0 Å². The maximum absolute atomic E-state index is 5.27. The third-order valence-electron chi connectivity index (χ3n) is 3.84. The molecule has 0 fully saturated rings. The zero-order valence-corrected chi connectivity index (χ0v) is 18.0. The fourth-order valence-electron chi connectivity index (χ4n) is 2.45. The minimum atomic E-state index is 0.662. The van der Waals surface area contributed by atoms with Gasteiger partial charge in [-0.1, -0.05) is 75.4 Å². The number of thiol groups is 2. The Hall–Kier alpha value is -0.300. The van der Waals surface area contributed by atoms with Crippen molar-refractivity contribution >= 4 is 58.3 Å². The van der Waals surface area contributed by atoms with Crippen LogP contribution in [-0.2, 0) is 13.1 Å². The van der Waals surface area contributed by atoms with Crippen molar-refractivity contribution in [3.63, 3.8) is 0 Å². The monoisotopic (exact) mass is 400 g/mol. The van der Waals surface area contributed by atoms with E-state index in [-0.39, 0.29) is 0 Å². The van der Waals surface area contributed by atoms with Crippen molar-refractivity contribution in [2.24, 2.45) is 0 Å². The lowest BCUT2D eigenvalue weighted by Gasteiger charge is -2.24. The van der Waals surface area contributed by atoms with Crippen molar-refractivity contribution in [2.75, 3.05) is 13.1 Å². The Kier molecular flexibility index (Phi) is 11.0. The minimum Gasteiger partial charge on any atom is -0.353 e. The molecule has 0 amide bonds. The molecule has 0 spiro atoms. The van der Waals surface area contributed by atoms with Gasteiger partial charge in [0.15, 0.2) is 0 Å². The van der Waals surface area contributed by atoms with E-state index in [9.17, 15) is 0 Å². The van der Waals surface area contributed by atoms with Crippen LogP contribution < -0.4 is 0 Å². The summed E-state index contributed by atoms with van der Waals surface area (Å²) in [6, 6.07) is 8.62. The fourth-order valence-corrected chi connectivity index (χ4v) is 3.10. The van der Waals surface area contributed by atoms with Gasteiger partial charge in [0, 0.05) is 26.2 Å². The summed E-state index contributed by atoms with van der Waals surface area (Å²) in [7, 11) is 0. The molecule has 0 saturated heterocycles. The first kappa shape index (κ1) is 21.7. The third kappa shape index (κ3) is 8.19. The molecule has 0 aromatic heterocycles. The van der Waals surface area contributed by atoms with Crippen LogP contribution in [0.1, 0.15) is 50.7 Å². The molecule has 6 heteroatoms. The Balaban J connectivity index is 2.77. The lowest BCUT2D eigenvalue weighted by molar-refractivity contribution is 0.409. The van der Waals surface area contributed by atoms with Crippen LogP contribution in [0, 0.1) is 0 Å². The highest BCUT2D eigenvalue weighted by Gasteiger charge is 2.10. The number of rotatable bonds is 10. The maximum Gasteiger partial charge on any atom is 0.133 e. The van der Waals surface area contributed by atoms with Crippen LogP contribution in [0.5, 0.6) is 0 Å². The predicted molar refractivity (Wildman–Crippen MR) is 120 cm³/mol. The molecule has 0 aliphatic carbocycles. The first-order chi connectivity index (χ1) is 11.5. The van der Waals surface area contributed by atoms with Gasteiger partial charge in [0.2, 0.25) is 0 Å². The smallest absolute Gasteiger partial charge is 0.133 e. The number of benzene rings is 1. The van der Waals surface area contributed by atoms with Crippen molar-refractivity contribution in [2.45, 2.75) is 52.6 Å². The molecule has 1 aromatic rings. The van der Waals surface area contributed by atoms with Gasteiger partial charge < -0.3 is 9.80 Å². The molecule has 1 aromatic carbocycles. The molecule has 0 bridgehead atoms. The molecular formula is C18H28N2S4. The molecule has 0 heterocycles. The van der Waals surface area contributed by atoms with Gasteiger partial charge in [-0.25, -0.2) is 0 Å². The van der Waals surface area contributed by atoms with Gasteiger partial charge in [-0.15, -0.1) is 25.3 Å². The SMILES string of the molecule is CCCCN(Cc1cccc(CN(CCCC)C(=S)S)c1)C(=S)S. The Morgan fingerprint density at radius 2 is 1.29 bits per heavy atom. The van der Waals surface area contributed by atoms with Gasteiger partial charge in [0.05, 0.1) is 0 Å². The highest BCUT2D eigenvalue weighted by molar-refractivity contribution is 8.11. The van der Waals surface area contributed by atoms with E-state index in [1.807, 2.05) is 0 Å². The van der Waals surface area contributed by atoms with Gasteiger partial charge >= 0.3 is 0 Å². The topological polar surface area (TPSA) is 6.48 Å². The average molecular weight is 401 g/mol. The summed E-state index contributed by atoms with van der Waals surface area (Å²) in [6.45, 7) is 7.88. The van der Waals surface area contributed by atoms with Gasteiger partial charge in [-0.3, -0.25) is 0 Å². The second-order valence-corrected chi connectivity index (χ2v) is 8.16. The van der Waals surface area contributed by atoms with E-state index in [2.05, 4.69) is 73.2 Å². The lowest BCUT2D eigenvalue weighted by Crippen LogP contribution is -2.27. The molecule has 0 aliphatic rings. The first-order valence-corrected chi connectivity index (χ1v) is 10.2. The van der Waals surface area contributed by atoms with Gasteiger partial charge in [-0.05, 0) is 24.0 Å². The molecule has 0 atom stereocenters. The molecule has 0 radical (unpaired) electrons. The van der Waals surface area contributed by atoms with E-state index >= 15 is 0 Å². The van der Waals surface area contributed by atoms with Crippen molar-refractivity contribution < 1.29 is 0 Å². The van der Waals surface area contributed by atoms with Crippen LogP contribution in [0.25, 0.3) is 0 Å². The minimum absolute atomic E-state index is 0.662. The maximum atomic E-state index is 5.27. The zero-order chi connectivity index (χ0) is 17.9. The summed E-state index contributed by atoms with van der Waals surface area (Å²) in [6.07, 6.45) is 4.55. The summed E-state index contributed by atoms with van der Waals surface area (Å²) < 4.78 is 1.32. The molecule has 0 aliphatic heterocycles. The summed E-state index contributed by atoms with van der Waals surface area (Å²) in [5.74, 6) is 0. The second-order valence-electron chi connectivity index (χ2n) is 5.94. The predicted octanol–water partition coefficient (Wildman–Crippen LogP) is 5.32. The zero-order valence-electron chi connectivity index (χ0n) is 14.6. The van der Waals surface area contributed by atoms with Gasteiger partial charge in [0.25, 0.3) is 0 Å². The largest absolute Gasteiger partial charge is 0.353 e. The Labute approximate surface area is 168 Å². The van der Waals surface area contributed by atoms with E-state index < -0.39 is 0 Å². The van der Waals surface area contributed by atoms with Crippen LogP contribution >= 0.6 is 49.7 Å². The summed E-state index contributed by atoms with van der Waals surface area (Å²) in [5.41, 5.74) is 2.50. The van der Waals surface area contributed by atoms with Crippen LogP contribution in [-0.4, -0.2) is 31.5 Å². The lowest BCUT2D eigenvalue weighted by atomic mass is 10.1. The van der Waals surface area contributed by atoms with Crippen LogP contribution in [0.15, 0.2) is 24.3 Å². The second kappa shape index (κ2) is 12.1. The Morgan fingerprint density at radius 1 is 0.875 bits per heavy atom. The first-order valence-electron chi connectivity index (χ1n) is 8.51. The normalized spacial score (nSPS) is 10.5. The number of hydrogen-bond donors (Lipinski definition) is 2. The van der Waals surface area contributed by atoms with E-state index in [1.165, 1.54) is 11.1 Å². The van der Waals surface area contributed by atoms with E-state index in [1.54, 1.807) is 0 Å². The number of unbranched alkanes of at least 4 members (excludes halogenated alkanes) is 2. The summed E-state index contributed by atoms with van der Waals surface area (Å²) in [5, 5.41) is 0. The number of thiocarbonyl (C=S) groups is 2. The average Bonchev–Trinajstić information content (AvgIpc) is 2.55. The standard InChI is InChI=1S/C18H28N2S4/c1-3-5-10-19(17(21)22)13-15-8-7-9-16(12-15)14-20(18(23)24)11-6-4-2/h7-9,12H,3-6,10-11,13-14H2,1-2H3,(H,21,22)(H,23,24). The number of nitrogens with zero attached hydrogens (tertiary/aromatic N) is 2. The number of hydrogen-bond acceptors (Lipinski definition) is 2. The highest BCUT2D eigenvalue weighted by Crippen LogP contribution is 2.14. The molecule has 0 N–H and O–H groups in total. The van der Waals surface area contributed by atoms with Crippen molar-refractivity contribution in [1.82, 2.24) is 9.80 Å². The summed E-state index contributed by atoms with van der Waals surface area (Å²) >= 11 is 19.3. The molecule has 2 nitrogen and oxygen atoms in total. The molecule has 0 saturated carbocycles. The Bertz CT molecular complexity index is 490. The van der Waals surface area contributed by atoms with E-state index in [0.29, 0.717) is 8.64 Å². The van der Waals surface area contributed by atoms with Crippen molar-refractivity contribution in [3.05, 3.63) is 35.4 Å². The van der Waals surface area contributed by atoms with E-state index in [0.717, 1.165) is 51.9 Å². The van der Waals surface area contributed by atoms with Gasteiger partial charge in [0.1, 0.15) is 8.64 Å². The van der Waals surface area contributed by atoms with Crippen molar-refractivity contribution in [3.8, 4) is 0 Å². The van der Waals surface area contributed by atoms with Gasteiger partial charge in [-0.2, -0.15) is 0 Å². The molecule has 134 valence electrons. The summed E-state index contributed by atoms with van der Waals surface area (Å²) in [4.78, 5) is 4.30. The quantitative estimate of drug-likeness (QED) is 0.405. The Morgan fingerprint density at radius 3 is 1.62 bits per heavy atom. The molecular weight excluding hydrogens is 372 g/mol. The highest BCUT2D eigenvalue weighted by atomic mass is 32.1. The molecule has 24 heavy (non-hydrogen) atoms. The van der Waals surface area contributed by atoms with Crippen LogP contribution in [0.4, 0.5) is 0 Å². The van der Waals surface area contributed by atoms with E-state index in [4.69, 9.17) is 24.4 Å². The van der Waals surface area contributed by atoms with Crippen molar-refractivity contribution in [1.29, 1.82) is 0 Å². The third-order valence-corrected chi connectivity index (χ3v) is 4.92. The fraction of sp³-hybridized carbons (Fsp3) is 0.556.